The molecular formula is C5H7NO5. The first-order valence-corrected chi connectivity index (χ1v) is 3.07. The van der Waals surface area contributed by atoms with Crippen molar-refractivity contribution in [2.45, 2.75) is 12.8 Å². The molecule has 0 aromatic rings. The Morgan fingerprint density at radius 2 is 2.27 bits per heavy atom. The van der Waals surface area contributed by atoms with Crippen LogP contribution in [-0.2, 0) is 9.63 Å². The molecule has 0 atom stereocenters. The van der Waals surface area contributed by atoms with Crippen molar-refractivity contribution < 1.29 is 19.8 Å². The SMILES string of the molecule is O=C(O)C1(CO[N+](=O)[O-])CC1. The molecule has 0 aliphatic heterocycles. The summed E-state index contributed by atoms with van der Waals surface area (Å²) in [6.07, 6.45) is 0.937. The summed E-state index contributed by atoms with van der Waals surface area (Å²) in [4.78, 5) is 24.1. The molecule has 0 spiro atoms. The molecule has 0 saturated heterocycles. The molecule has 0 amide bonds. The van der Waals surface area contributed by atoms with Crippen molar-refractivity contribution in [1.82, 2.24) is 0 Å². The average molecular weight is 161 g/mol. The number of carboxylic acid groups (broad SMARTS) is 1. The molecule has 1 fully saturated rings. The third-order valence-corrected chi connectivity index (χ3v) is 1.75. The first kappa shape index (κ1) is 7.77. The summed E-state index contributed by atoms with van der Waals surface area (Å²) >= 11 is 0. The lowest BCUT2D eigenvalue weighted by Gasteiger charge is -2.05. The van der Waals surface area contributed by atoms with Crippen LogP contribution in [-0.4, -0.2) is 22.8 Å². The van der Waals surface area contributed by atoms with Crippen molar-refractivity contribution in [3.8, 4) is 0 Å². The third-order valence-electron chi connectivity index (χ3n) is 1.75. The second kappa shape index (κ2) is 2.37. The zero-order chi connectivity index (χ0) is 8.48. The van der Waals surface area contributed by atoms with Crippen molar-refractivity contribution in [2.75, 3.05) is 6.61 Å². The second-order valence-corrected chi connectivity index (χ2v) is 2.58. The van der Waals surface area contributed by atoms with Gasteiger partial charge in [-0.25, -0.2) is 0 Å². The lowest BCUT2D eigenvalue weighted by atomic mass is 10.1. The van der Waals surface area contributed by atoms with Crippen LogP contribution in [0.2, 0.25) is 0 Å². The Hall–Kier alpha value is -1.33. The van der Waals surface area contributed by atoms with E-state index in [0.717, 1.165) is 0 Å². The van der Waals surface area contributed by atoms with E-state index in [9.17, 15) is 14.9 Å². The Morgan fingerprint density at radius 1 is 1.73 bits per heavy atom. The van der Waals surface area contributed by atoms with Gasteiger partial charge in [-0.1, -0.05) is 0 Å². The molecule has 0 heterocycles. The molecule has 1 saturated carbocycles. The molecule has 1 N–H and O–H groups in total. The molecule has 1 aliphatic rings. The van der Waals surface area contributed by atoms with E-state index in [1.165, 1.54) is 0 Å². The highest BCUT2D eigenvalue weighted by Crippen LogP contribution is 2.45. The summed E-state index contributed by atoms with van der Waals surface area (Å²) < 4.78 is 0. The van der Waals surface area contributed by atoms with Crippen molar-refractivity contribution in [3.05, 3.63) is 10.1 Å². The van der Waals surface area contributed by atoms with E-state index in [2.05, 4.69) is 4.84 Å². The molecule has 62 valence electrons. The minimum Gasteiger partial charge on any atom is -0.481 e. The fourth-order valence-corrected chi connectivity index (χ4v) is 0.747. The summed E-state index contributed by atoms with van der Waals surface area (Å²) in [6.45, 7) is -0.324. The molecular weight excluding hydrogens is 154 g/mol. The zero-order valence-electron chi connectivity index (χ0n) is 5.65. The summed E-state index contributed by atoms with van der Waals surface area (Å²) in [5.74, 6) is -1.01. The molecule has 6 heteroatoms. The molecule has 1 aliphatic carbocycles. The van der Waals surface area contributed by atoms with E-state index in [4.69, 9.17) is 5.11 Å². The van der Waals surface area contributed by atoms with Gasteiger partial charge in [0, 0.05) is 0 Å². The number of carbonyl (C=O) groups is 1. The molecule has 0 unspecified atom stereocenters. The highest BCUT2D eigenvalue weighted by atomic mass is 16.9. The van der Waals surface area contributed by atoms with Gasteiger partial charge in [0.2, 0.25) is 0 Å². The largest absolute Gasteiger partial charge is 0.481 e. The van der Waals surface area contributed by atoms with Crippen molar-refractivity contribution in [3.63, 3.8) is 0 Å². The summed E-state index contributed by atoms with van der Waals surface area (Å²) in [6, 6.07) is 0. The molecule has 0 aromatic carbocycles. The van der Waals surface area contributed by atoms with Crippen LogP contribution < -0.4 is 0 Å². The average Bonchev–Trinajstić information content (AvgIpc) is 2.63. The van der Waals surface area contributed by atoms with Crippen LogP contribution in [0, 0.1) is 15.5 Å². The number of hydrogen-bond acceptors (Lipinski definition) is 4. The molecule has 11 heavy (non-hydrogen) atoms. The normalized spacial score (nSPS) is 18.9. The Morgan fingerprint density at radius 3 is 2.55 bits per heavy atom. The number of hydrogen-bond donors (Lipinski definition) is 1. The van der Waals surface area contributed by atoms with Gasteiger partial charge in [0.25, 0.3) is 5.09 Å². The molecule has 0 radical (unpaired) electrons. The lowest BCUT2D eigenvalue weighted by Crippen LogP contribution is -2.22. The van der Waals surface area contributed by atoms with Gasteiger partial charge >= 0.3 is 5.97 Å². The smallest absolute Gasteiger partial charge is 0.311 e. The summed E-state index contributed by atoms with van der Waals surface area (Å²) in [5, 5.41) is 17.2. The fourth-order valence-electron chi connectivity index (χ4n) is 0.747. The van der Waals surface area contributed by atoms with Crippen LogP contribution in [0.3, 0.4) is 0 Å². The minimum atomic E-state index is -1.01. The highest BCUT2D eigenvalue weighted by Gasteiger charge is 2.51. The maximum atomic E-state index is 10.4. The summed E-state index contributed by atoms with van der Waals surface area (Å²) in [5.41, 5.74) is -0.965. The summed E-state index contributed by atoms with van der Waals surface area (Å²) in [7, 11) is 0. The van der Waals surface area contributed by atoms with E-state index in [0.29, 0.717) is 12.8 Å². The standard InChI is InChI=1S/C5H7NO5/c7-4(8)5(1-2-5)3-11-6(9)10/h1-3H2,(H,7,8). The molecule has 0 aromatic heterocycles. The predicted octanol–water partition coefficient (Wildman–Crippen LogP) is 0.0595. The number of nitrogens with zero attached hydrogens (tertiary/aromatic N) is 1. The van der Waals surface area contributed by atoms with Crippen molar-refractivity contribution in [2.24, 2.45) is 5.41 Å². The van der Waals surface area contributed by atoms with Crippen LogP contribution >= 0.6 is 0 Å². The Kier molecular flexibility index (Phi) is 1.67. The van der Waals surface area contributed by atoms with Gasteiger partial charge in [-0.05, 0) is 12.8 Å². The quantitative estimate of drug-likeness (QED) is 0.465. The van der Waals surface area contributed by atoms with Crippen LogP contribution in [0.5, 0.6) is 0 Å². The monoisotopic (exact) mass is 161 g/mol. The van der Waals surface area contributed by atoms with E-state index in [-0.39, 0.29) is 6.61 Å². The Labute approximate surface area is 61.9 Å². The minimum absolute atomic E-state index is 0.324. The second-order valence-electron chi connectivity index (χ2n) is 2.58. The van der Waals surface area contributed by atoms with E-state index >= 15 is 0 Å². The molecule has 1 rings (SSSR count). The van der Waals surface area contributed by atoms with Gasteiger partial charge in [-0.15, -0.1) is 10.1 Å². The maximum Gasteiger partial charge on any atom is 0.311 e. The van der Waals surface area contributed by atoms with Gasteiger partial charge in [0.15, 0.2) is 0 Å². The van der Waals surface area contributed by atoms with Crippen LogP contribution in [0.25, 0.3) is 0 Å². The van der Waals surface area contributed by atoms with Gasteiger partial charge in [0.1, 0.15) is 6.61 Å². The van der Waals surface area contributed by atoms with Crippen LogP contribution in [0.15, 0.2) is 0 Å². The van der Waals surface area contributed by atoms with Gasteiger partial charge < -0.3 is 9.94 Å². The van der Waals surface area contributed by atoms with E-state index in [1.54, 1.807) is 0 Å². The maximum absolute atomic E-state index is 10.4. The number of aliphatic carboxylic acids is 1. The first-order chi connectivity index (χ1) is 5.07. The van der Waals surface area contributed by atoms with Gasteiger partial charge in [-0.3, -0.25) is 4.79 Å². The van der Waals surface area contributed by atoms with Crippen LogP contribution in [0.1, 0.15) is 12.8 Å². The topological polar surface area (TPSA) is 89.7 Å². The van der Waals surface area contributed by atoms with Gasteiger partial charge in [0.05, 0.1) is 5.41 Å². The zero-order valence-corrected chi connectivity index (χ0v) is 5.65. The van der Waals surface area contributed by atoms with Crippen molar-refractivity contribution in [1.29, 1.82) is 0 Å². The van der Waals surface area contributed by atoms with Crippen LogP contribution in [0.4, 0.5) is 0 Å². The van der Waals surface area contributed by atoms with E-state index in [1.807, 2.05) is 0 Å². The Bertz CT molecular complexity index is 197. The third kappa shape index (κ3) is 1.57. The predicted molar refractivity (Wildman–Crippen MR) is 32.2 cm³/mol. The fraction of sp³-hybridized carbons (Fsp3) is 0.800. The highest BCUT2D eigenvalue weighted by molar-refractivity contribution is 5.77. The van der Waals surface area contributed by atoms with Crippen molar-refractivity contribution >= 4 is 5.97 Å². The van der Waals surface area contributed by atoms with Gasteiger partial charge in [-0.2, -0.15) is 0 Å². The molecule has 0 bridgehead atoms. The first-order valence-electron chi connectivity index (χ1n) is 3.07. The molecule has 6 nitrogen and oxygen atoms in total. The number of rotatable bonds is 4. The Balaban J connectivity index is 2.36. The number of carboxylic acids is 1. The van der Waals surface area contributed by atoms with E-state index < -0.39 is 16.5 Å². The lowest BCUT2D eigenvalue weighted by molar-refractivity contribution is -0.759.